The number of rotatable bonds is 5. The first-order chi connectivity index (χ1) is 10.0. The number of thiophene rings is 1. The second kappa shape index (κ2) is 5.22. The van der Waals surface area contributed by atoms with Crippen molar-refractivity contribution in [2.75, 3.05) is 18.1 Å². The van der Waals surface area contributed by atoms with Gasteiger partial charge in [0.2, 0.25) is 0 Å². The fourth-order valence-corrected chi connectivity index (χ4v) is 3.32. The van der Waals surface area contributed by atoms with Gasteiger partial charge in [0, 0.05) is 19.1 Å². The van der Waals surface area contributed by atoms with Crippen LogP contribution in [0.5, 0.6) is 0 Å². The lowest BCUT2D eigenvalue weighted by molar-refractivity contribution is 0.0955. The number of hydrogen-bond donors (Lipinski definition) is 4. The van der Waals surface area contributed by atoms with Gasteiger partial charge in [0.1, 0.15) is 9.88 Å². The highest BCUT2D eigenvalue weighted by Crippen LogP contribution is 2.41. The van der Waals surface area contributed by atoms with Crippen molar-refractivity contribution in [3.05, 3.63) is 10.4 Å². The van der Waals surface area contributed by atoms with E-state index in [9.17, 15) is 9.59 Å². The Bertz CT molecular complexity index is 594. The lowest BCUT2D eigenvalue weighted by Gasteiger charge is -2.06. The van der Waals surface area contributed by atoms with Gasteiger partial charge in [-0.2, -0.15) is 0 Å². The van der Waals surface area contributed by atoms with Crippen LogP contribution in [-0.4, -0.2) is 30.9 Å². The standard InChI is InChI=1S/C14H20N4O2S/c1-6-5-8(6)18-14-9(12(19)16-2)10(15)11(21-14)13(20)17-7-3-4-7/h6-8,18H,3-5,15H2,1-2H3,(H,16,19)(H,17,20). The Balaban J connectivity index is 1.88. The highest BCUT2D eigenvalue weighted by Gasteiger charge is 2.35. The zero-order valence-electron chi connectivity index (χ0n) is 12.2. The first-order valence-electron chi connectivity index (χ1n) is 7.23. The maximum Gasteiger partial charge on any atom is 0.263 e. The van der Waals surface area contributed by atoms with Gasteiger partial charge in [-0.3, -0.25) is 9.59 Å². The van der Waals surface area contributed by atoms with Crippen molar-refractivity contribution in [1.29, 1.82) is 0 Å². The molecule has 2 unspecified atom stereocenters. The molecule has 7 heteroatoms. The minimum atomic E-state index is -0.259. The maximum absolute atomic E-state index is 12.2. The molecule has 2 atom stereocenters. The topological polar surface area (TPSA) is 96.2 Å². The zero-order valence-corrected chi connectivity index (χ0v) is 13.0. The second-order valence-electron chi connectivity index (χ2n) is 5.84. The Hall–Kier alpha value is -1.76. The fraction of sp³-hybridized carbons (Fsp3) is 0.571. The van der Waals surface area contributed by atoms with Crippen molar-refractivity contribution in [2.24, 2.45) is 5.92 Å². The third-order valence-electron chi connectivity index (χ3n) is 3.94. The molecule has 2 fully saturated rings. The number of nitrogens with two attached hydrogens (primary N) is 1. The predicted molar refractivity (Wildman–Crippen MR) is 83.8 cm³/mol. The van der Waals surface area contributed by atoms with Crippen LogP contribution in [-0.2, 0) is 0 Å². The van der Waals surface area contributed by atoms with Crippen LogP contribution in [0.4, 0.5) is 10.7 Å². The summed E-state index contributed by atoms with van der Waals surface area (Å²) in [6.07, 6.45) is 3.11. The van der Waals surface area contributed by atoms with Crippen molar-refractivity contribution in [3.8, 4) is 0 Å². The highest BCUT2D eigenvalue weighted by atomic mass is 32.1. The molecule has 21 heavy (non-hydrogen) atoms. The third-order valence-corrected chi connectivity index (χ3v) is 5.08. The van der Waals surface area contributed by atoms with Gasteiger partial charge < -0.3 is 21.7 Å². The van der Waals surface area contributed by atoms with Crippen molar-refractivity contribution < 1.29 is 9.59 Å². The zero-order chi connectivity index (χ0) is 15.1. The van der Waals surface area contributed by atoms with E-state index in [1.165, 1.54) is 11.3 Å². The first kappa shape index (κ1) is 14.2. The lowest BCUT2D eigenvalue weighted by Crippen LogP contribution is -2.26. The Kier molecular flexibility index (Phi) is 3.52. The number of carbonyl (C=O) groups is 2. The molecule has 6 nitrogen and oxygen atoms in total. The molecular formula is C14H20N4O2S. The average molecular weight is 308 g/mol. The van der Waals surface area contributed by atoms with E-state index in [4.69, 9.17) is 5.73 Å². The molecule has 3 rings (SSSR count). The highest BCUT2D eigenvalue weighted by molar-refractivity contribution is 7.19. The van der Waals surface area contributed by atoms with Gasteiger partial charge in [0.05, 0.1) is 11.3 Å². The molecule has 1 aromatic heterocycles. The third kappa shape index (κ3) is 2.83. The van der Waals surface area contributed by atoms with Gasteiger partial charge in [-0.1, -0.05) is 6.92 Å². The number of nitrogen functional groups attached to an aromatic ring is 1. The Morgan fingerprint density at radius 1 is 1.29 bits per heavy atom. The number of hydrogen-bond acceptors (Lipinski definition) is 5. The summed E-state index contributed by atoms with van der Waals surface area (Å²) in [4.78, 5) is 24.7. The smallest absolute Gasteiger partial charge is 0.263 e. The van der Waals surface area contributed by atoms with Crippen LogP contribution in [0.2, 0.25) is 0 Å². The molecule has 0 radical (unpaired) electrons. The van der Waals surface area contributed by atoms with Gasteiger partial charge >= 0.3 is 0 Å². The molecule has 2 aliphatic carbocycles. The number of anilines is 2. The molecule has 1 aromatic rings. The second-order valence-corrected chi connectivity index (χ2v) is 6.86. The molecule has 1 heterocycles. The molecule has 5 N–H and O–H groups in total. The van der Waals surface area contributed by atoms with E-state index in [0.717, 1.165) is 19.3 Å². The minimum Gasteiger partial charge on any atom is -0.397 e. The monoisotopic (exact) mass is 308 g/mol. The number of amides is 2. The molecule has 0 aliphatic heterocycles. The molecule has 114 valence electrons. The molecule has 2 saturated carbocycles. The molecular weight excluding hydrogens is 288 g/mol. The molecule has 0 spiro atoms. The van der Waals surface area contributed by atoms with Gasteiger partial charge in [0.15, 0.2) is 0 Å². The Morgan fingerprint density at radius 2 is 1.95 bits per heavy atom. The number of carbonyl (C=O) groups excluding carboxylic acids is 2. The van der Waals surface area contributed by atoms with E-state index in [-0.39, 0.29) is 23.5 Å². The molecule has 0 aromatic carbocycles. The summed E-state index contributed by atoms with van der Waals surface area (Å²) in [5, 5.41) is 9.54. The average Bonchev–Trinajstić information content (AvgIpc) is 3.34. The van der Waals surface area contributed by atoms with Gasteiger partial charge in [-0.15, -0.1) is 11.3 Å². The van der Waals surface area contributed by atoms with E-state index < -0.39 is 0 Å². The summed E-state index contributed by atoms with van der Waals surface area (Å²) in [5.41, 5.74) is 6.72. The maximum atomic E-state index is 12.2. The van der Waals surface area contributed by atoms with E-state index >= 15 is 0 Å². The predicted octanol–water partition coefficient (Wildman–Crippen LogP) is 1.40. The van der Waals surface area contributed by atoms with Crippen LogP contribution in [0, 0.1) is 5.92 Å². The summed E-state index contributed by atoms with van der Waals surface area (Å²) >= 11 is 1.27. The van der Waals surface area contributed by atoms with Crippen molar-refractivity contribution in [3.63, 3.8) is 0 Å². The fourth-order valence-electron chi connectivity index (χ4n) is 2.23. The van der Waals surface area contributed by atoms with Crippen LogP contribution in [0.1, 0.15) is 46.2 Å². The van der Waals surface area contributed by atoms with Gasteiger partial charge in [-0.05, 0) is 25.2 Å². The molecule has 2 amide bonds. The SMILES string of the molecule is CNC(=O)c1c(NC2CC2C)sc(C(=O)NC2CC2)c1N. The van der Waals surface area contributed by atoms with E-state index in [2.05, 4.69) is 22.9 Å². The van der Waals surface area contributed by atoms with E-state index in [0.29, 0.717) is 27.4 Å². The quantitative estimate of drug-likeness (QED) is 0.661. The van der Waals surface area contributed by atoms with Gasteiger partial charge in [-0.25, -0.2) is 0 Å². The van der Waals surface area contributed by atoms with Crippen LogP contribution in [0.15, 0.2) is 0 Å². The van der Waals surface area contributed by atoms with Crippen molar-refractivity contribution >= 4 is 33.8 Å². The van der Waals surface area contributed by atoms with Crippen molar-refractivity contribution in [2.45, 2.75) is 38.3 Å². The summed E-state index contributed by atoms with van der Waals surface area (Å²) in [6.45, 7) is 2.15. The van der Waals surface area contributed by atoms with E-state index in [1.54, 1.807) is 7.05 Å². The number of nitrogens with one attached hydrogen (secondary N) is 3. The van der Waals surface area contributed by atoms with Crippen molar-refractivity contribution in [1.82, 2.24) is 10.6 Å². The summed E-state index contributed by atoms with van der Waals surface area (Å²) in [6, 6.07) is 0.633. The lowest BCUT2D eigenvalue weighted by atomic mass is 10.2. The largest absolute Gasteiger partial charge is 0.397 e. The minimum absolute atomic E-state index is 0.179. The van der Waals surface area contributed by atoms with E-state index in [1.807, 2.05) is 0 Å². The van der Waals surface area contributed by atoms with Crippen LogP contribution >= 0.6 is 11.3 Å². The van der Waals surface area contributed by atoms with Crippen LogP contribution in [0.3, 0.4) is 0 Å². The molecule has 0 saturated heterocycles. The summed E-state index contributed by atoms with van der Waals surface area (Å²) in [5.74, 6) is 0.154. The molecule has 0 bridgehead atoms. The Labute approximate surface area is 127 Å². The molecule has 2 aliphatic rings. The normalized spacial score (nSPS) is 23.5. The summed E-state index contributed by atoms with van der Waals surface area (Å²) < 4.78 is 0. The Morgan fingerprint density at radius 3 is 2.48 bits per heavy atom. The van der Waals surface area contributed by atoms with Gasteiger partial charge in [0.25, 0.3) is 11.8 Å². The first-order valence-corrected chi connectivity index (χ1v) is 8.04. The van der Waals surface area contributed by atoms with Crippen LogP contribution < -0.4 is 21.7 Å². The summed E-state index contributed by atoms with van der Waals surface area (Å²) in [7, 11) is 1.56. The van der Waals surface area contributed by atoms with Crippen LogP contribution in [0.25, 0.3) is 0 Å².